The molecule has 1 heterocycles. The Bertz CT molecular complexity index is 758. The van der Waals surface area contributed by atoms with Crippen LogP contribution in [0.5, 0.6) is 0 Å². The van der Waals surface area contributed by atoms with E-state index in [1.54, 1.807) is 14.0 Å². The molecule has 0 bridgehead atoms. The van der Waals surface area contributed by atoms with E-state index >= 15 is 0 Å². The minimum absolute atomic E-state index is 0. The molecule has 0 saturated carbocycles. The molecular formula is C17H24F2IN5. The fourth-order valence-electron chi connectivity index (χ4n) is 2.58. The molecule has 1 aromatic carbocycles. The Hall–Kier alpha value is -1.71. The van der Waals surface area contributed by atoms with Crippen LogP contribution in [0, 0.1) is 25.5 Å². The summed E-state index contributed by atoms with van der Waals surface area (Å²) in [6.45, 7) is 6.31. The third-order valence-electron chi connectivity index (χ3n) is 4.10. The van der Waals surface area contributed by atoms with Gasteiger partial charge in [0.25, 0.3) is 0 Å². The monoisotopic (exact) mass is 463 g/mol. The number of hydrogen-bond acceptors (Lipinski definition) is 2. The minimum Gasteiger partial charge on any atom is -0.352 e. The molecular weight excluding hydrogens is 439 g/mol. The van der Waals surface area contributed by atoms with E-state index in [4.69, 9.17) is 0 Å². The highest BCUT2D eigenvalue weighted by Gasteiger charge is 2.14. The lowest BCUT2D eigenvalue weighted by atomic mass is 10.1. The molecule has 0 radical (unpaired) electrons. The van der Waals surface area contributed by atoms with E-state index in [-0.39, 0.29) is 30.0 Å². The minimum atomic E-state index is -0.589. The smallest absolute Gasteiger partial charge is 0.191 e. The van der Waals surface area contributed by atoms with Gasteiger partial charge in [-0.1, -0.05) is 6.07 Å². The number of aryl methyl sites for hydroxylation is 2. The molecule has 25 heavy (non-hydrogen) atoms. The van der Waals surface area contributed by atoms with E-state index < -0.39 is 11.6 Å². The largest absolute Gasteiger partial charge is 0.352 e. The van der Waals surface area contributed by atoms with Crippen LogP contribution in [-0.2, 0) is 13.6 Å². The van der Waals surface area contributed by atoms with Crippen LogP contribution in [0.15, 0.2) is 23.2 Å². The predicted octanol–water partition coefficient (Wildman–Crippen LogP) is 3.36. The molecule has 0 spiro atoms. The molecule has 5 nitrogen and oxygen atoms in total. The second kappa shape index (κ2) is 9.12. The highest BCUT2D eigenvalue weighted by Crippen LogP contribution is 2.17. The average Bonchev–Trinajstić information content (AvgIpc) is 2.76. The van der Waals surface area contributed by atoms with Gasteiger partial charge in [0.1, 0.15) is 11.6 Å². The van der Waals surface area contributed by atoms with Gasteiger partial charge >= 0.3 is 0 Å². The van der Waals surface area contributed by atoms with Crippen LogP contribution in [0.25, 0.3) is 0 Å². The van der Waals surface area contributed by atoms with Crippen molar-refractivity contribution in [2.24, 2.45) is 12.0 Å². The number of aliphatic imine (C=N–C) groups is 1. The maximum absolute atomic E-state index is 13.9. The second-order valence-corrected chi connectivity index (χ2v) is 5.73. The first-order valence-corrected chi connectivity index (χ1v) is 7.74. The molecule has 2 rings (SSSR count). The summed E-state index contributed by atoms with van der Waals surface area (Å²) in [5, 5.41) is 10.7. The summed E-state index contributed by atoms with van der Waals surface area (Å²) in [5.41, 5.74) is 3.51. The lowest BCUT2D eigenvalue weighted by Gasteiger charge is -2.19. The number of aromatic nitrogens is 2. The second-order valence-electron chi connectivity index (χ2n) is 5.73. The Morgan fingerprint density at radius 1 is 1.32 bits per heavy atom. The molecule has 8 heteroatoms. The van der Waals surface area contributed by atoms with Gasteiger partial charge in [0.2, 0.25) is 0 Å². The quantitative estimate of drug-likeness (QED) is 0.416. The van der Waals surface area contributed by atoms with Crippen molar-refractivity contribution < 1.29 is 8.78 Å². The number of halogens is 3. The van der Waals surface area contributed by atoms with Gasteiger partial charge < -0.3 is 10.6 Å². The van der Waals surface area contributed by atoms with Crippen molar-refractivity contribution in [2.75, 3.05) is 7.05 Å². The maximum Gasteiger partial charge on any atom is 0.191 e. The zero-order chi connectivity index (χ0) is 17.9. The van der Waals surface area contributed by atoms with E-state index in [1.807, 2.05) is 25.6 Å². The molecule has 1 aromatic heterocycles. The molecule has 138 valence electrons. The van der Waals surface area contributed by atoms with Gasteiger partial charge in [-0.15, -0.1) is 24.0 Å². The standard InChI is InChI=1S/C17H23F2N5.HI/c1-10(14-7-6-13(18)8-16(14)19)22-17(20-4)21-9-15-11(2)23-24(5)12(15)3;/h6-8,10H,9H2,1-5H3,(H2,20,21,22);1H. The molecule has 0 amide bonds. The van der Waals surface area contributed by atoms with Crippen molar-refractivity contribution in [1.82, 2.24) is 20.4 Å². The third-order valence-corrected chi connectivity index (χ3v) is 4.10. The van der Waals surface area contributed by atoms with Crippen LogP contribution in [-0.4, -0.2) is 22.8 Å². The summed E-state index contributed by atoms with van der Waals surface area (Å²) in [7, 11) is 3.55. The van der Waals surface area contributed by atoms with Crippen LogP contribution in [0.4, 0.5) is 8.78 Å². The molecule has 1 unspecified atom stereocenters. The van der Waals surface area contributed by atoms with E-state index in [0.29, 0.717) is 18.1 Å². The summed E-state index contributed by atoms with van der Waals surface area (Å²) in [6, 6.07) is 3.21. The van der Waals surface area contributed by atoms with E-state index in [9.17, 15) is 8.78 Å². The number of guanidine groups is 1. The van der Waals surface area contributed by atoms with Crippen molar-refractivity contribution in [1.29, 1.82) is 0 Å². The Kier molecular flexibility index (Phi) is 7.78. The molecule has 0 saturated heterocycles. The van der Waals surface area contributed by atoms with Gasteiger partial charge in [-0.2, -0.15) is 5.10 Å². The van der Waals surface area contributed by atoms with Crippen LogP contribution >= 0.6 is 24.0 Å². The van der Waals surface area contributed by atoms with Gasteiger partial charge in [0.05, 0.1) is 11.7 Å². The van der Waals surface area contributed by atoms with Crippen LogP contribution in [0.3, 0.4) is 0 Å². The Morgan fingerprint density at radius 3 is 2.52 bits per heavy atom. The van der Waals surface area contributed by atoms with Crippen LogP contribution < -0.4 is 10.6 Å². The summed E-state index contributed by atoms with van der Waals surface area (Å²) >= 11 is 0. The number of hydrogen-bond donors (Lipinski definition) is 2. The van der Waals surface area contributed by atoms with E-state index in [1.165, 1.54) is 12.1 Å². The Balaban J connectivity index is 0.00000312. The Morgan fingerprint density at radius 2 is 2.00 bits per heavy atom. The van der Waals surface area contributed by atoms with Gasteiger partial charge in [0, 0.05) is 43.5 Å². The van der Waals surface area contributed by atoms with Crippen LogP contribution in [0.2, 0.25) is 0 Å². The molecule has 2 N–H and O–H groups in total. The fraction of sp³-hybridized carbons (Fsp3) is 0.412. The summed E-state index contributed by atoms with van der Waals surface area (Å²) in [4.78, 5) is 4.15. The van der Waals surface area contributed by atoms with E-state index in [0.717, 1.165) is 23.0 Å². The third kappa shape index (κ3) is 5.13. The van der Waals surface area contributed by atoms with Gasteiger partial charge in [-0.25, -0.2) is 8.78 Å². The SMILES string of the molecule is CN=C(NCc1c(C)nn(C)c1C)NC(C)c1ccc(F)cc1F.I. The van der Waals surface area contributed by atoms with Gasteiger partial charge in [-0.3, -0.25) is 9.67 Å². The molecule has 0 aliphatic carbocycles. The summed E-state index contributed by atoms with van der Waals surface area (Å²) < 4.78 is 28.7. The van der Waals surface area contributed by atoms with E-state index in [2.05, 4.69) is 20.7 Å². The summed E-state index contributed by atoms with van der Waals surface area (Å²) in [5.74, 6) is -0.633. The topological polar surface area (TPSA) is 54.2 Å². The average molecular weight is 463 g/mol. The predicted molar refractivity (Wildman–Crippen MR) is 106 cm³/mol. The van der Waals surface area contributed by atoms with Crippen molar-refractivity contribution in [3.63, 3.8) is 0 Å². The number of rotatable bonds is 4. The normalized spacial score (nSPS) is 12.5. The molecule has 0 aliphatic rings. The molecule has 0 fully saturated rings. The first-order chi connectivity index (χ1) is 11.3. The highest BCUT2D eigenvalue weighted by atomic mass is 127. The van der Waals surface area contributed by atoms with Crippen LogP contribution in [0.1, 0.15) is 35.5 Å². The zero-order valence-electron chi connectivity index (χ0n) is 15.0. The molecule has 1 atom stereocenters. The molecule has 0 aliphatic heterocycles. The zero-order valence-corrected chi connectivity index (χ0v) is 17.4. The van der Waals surface area contributed by atoms with Crippen molar-refractivity contribution in [3.8, 4) is 0 Å². The molecule has 2 aromatic rings. The van der Waals surface area contributed by atoms with Crippen molar-refractivity contribution in [2.45, 2.75) is 33.4 Å². The Labute approximate surface area is 163 Å². The number of benzene rings is 1. The maximum atomic E-state index is 13.9. The number of nitrogens with zero attached hydrogens (tertiary/aromatic N) is 3. The lowest BCUT2D eigenvalue weighted by molar-refractivity contribution is 0.550. The fourth-order valence-corrected chi connectivity index (χ4v) is 2.58. The first-order valence-electron chi connectivity index (χ1n) is 7.74. The highest BCUT2D eigenvalue weighted by molar-refractivity contribution is 14.0. The summed E-state index contributed by atoms with van der Waals surface area (Å²) in [6.07, 6.45) is 0. The van der Waals surface area contributed by atoms with Gasteiger partial charge in [-0.05, 0) is 26.8 Å². The first kappa shape index (κ1) is 21.3. The lowest BCUT2D eigenvalue weighted by Crippen LogP contribution is -2.38. The van der Waals surface area contributed by atoms with Crippen molar-refractivity contribution in [3.05, 3.63) is 52.3 Å². The van der Waals surface area contributed by atoms with Crippen molar-refractivity contribution >= 4 is 29.9 Å². The number of nitrogens with one attached hydrogen (secondary N) is 2. The van der Waals surface area contributed by atoms with Gasteiger partial charge in [0.15, 0.2) is 5.96 Å².